The number of nitrogens with zero attached hydrogens (tertiary/aromatic N) is 1. The number of rotatable bonds is 3. The van der Waals surface area contributed by atoms with E-state index in [9.17, 15) is 4.39 Å². The fourth-order valence-corrected chi connectivity index (χ4v) is 3.89. The average molecular weight is 439 g/mol. The predicted molar refractivity (Wildman–Crippen MR) is 98.3 cm³/mol. The first-order valence-corrected chi connectivity index (χ1v) is 8.88. The number of halogens is 3. The van der Waals surface area contributed by atoms with Crippen LogP contribution in [0.1, 0.15) is 10.6 Å². The minimum absolute atomic E-state index is 0.246. The second kappa shape index (κ2) is 6.86. The molecule has 22 heavy (non-hydrogen) atoms. The van der Waals surface area contributed by atoms with Crippen LogP contribution in [0.4, 0.5) is 4.39 Å². The van der Waals surface area contributed by atoms with Crippen molar-refractivity contribution in [1.82, 2.24) is 4.98 Å². The number of hydrogen-bond donors (Lipinski definition) is 0. The van der Waals surface area contributed by atoms with Crippen LogP contribution < -0.4 is 0 Å². The van der Waals surface area contributed by atoms with E-state index in [1.54, 1.807) is 23.5 Å². The Labute approximate surface area is 148 Å². The molecule has 0 radical (unpaired) electrons. The highest BCUT2D eigenvalue weighted by Gasteiger charge is 2.09. The van der Waals surface area contributed by atoms with Crippen molar-refractivity contribution >= 4 is 55.3 Å². The Morgan fingerprint density at radius 1 is 0.955 bits per heavy atom. The molecule has 110 valence electrons. The summed E-state index contributed by atoms with van der Waals surface area (Å²) in [5.41, 5.74) is 2.82. The molecular formula is C17H10Br2FNS. The largest absolute Gasteiger partial charge is 0.235 e. The van der Waals surface area contributed by atoms with E-state index >= 15 is 0 Å². The molecule has 2 aromatic carbocycles. The Balaban J connectivity index is 1.89. The highest BCUT2D eigenvalue weighted by atomic mass is 79.9. The Hall–Kier alpha value is -1.30. The van der Waals surface area contributed by atoms with E-state index in [2.05, 4.69) is 36.8 Å². The topological polar surface area (TPSA) is 12.9 Å². The molecule has 0 saturated heterocycles. The monoisotopic (exact) mass is 437 g/mol. The van der Waals surface area contributed by atoms with Crippen LogP contribution >= 0.6 is 43.2 Å². The van der Waals surface area contributed by atoms with Gasteiger partial charge in [-0.25, -0.2) is 9.37 Å². The molecule has 0 amide bonds. The maximum atomic E-state index is 13.0. The van der Waals surface area contributed by atoms with Crippen LogP contribution in [0.3, 0.4) is 0 Å². The molecule has 0 unspecified atom stereocenters. The van der Waals surface area contributed by atoms with Crippen LogP contribution in [0.5, 0.6) is 0 Å². The first-order valence-electron chi connectivity index (χ1n) is 6.48. The third-order valence-corrected chi connectivity index (χ3v) is 5.42. The van der Waals surface area contributed by atoms with Crippen molar-refractivity contribution in [3.05, 3.63) is 73.2 Å². The molecule has 0 aliphatic heterocycles. The van der Waals surface area contributed by atoms with E-state index in [-0.39, 0.29) is 5.82 Å². The van der Waals surface area contributed by atoms with Gasteiger partial charge in [0, 0.05) is 10.0 Å². The Morgan fingerprint density at radius 2 is 1.68 bits per heavy atom. The SMILES string of the molecule is Fc1ccc(-c2nc(/C=C/c3ccccc3Br)sc2Br)cc1. The molecule has 0 N–H and O–H groups in total. The summed E-state index contributed by atoms with van der Waals surface area (Å²) in [5, 5.41) is 0.891. The summed E-state index contributed by atoms with van der Waals surface area (Å²) in [4.78, 5) is 4.60. The van der Waals surface area contributed by atoms with Gasteiger partial charge in [-0.15, -0.1) is 11.3 Å². The summed E-state index contributed by atoms with van der Waals surface area (Å²) in [6.07, 6.45) is 3.99. The van der Waals surface area contributed by atoms with Gasteiger partial charge >= 0.3 is 0 Å². The van der Waals surface area contributed by atoms with Gasteiger partial charge in [0.25, 0.3) is 0 Å². The maximum Gasteiger partial charge on any atom is 0.123 e. The smallest absolute Gasteiger partial charge is 0.123 e. The molecule has 1 nitrogen and oxygen atoms in total. The first-order chi connectivity index (χ1) is 10.6. The van der Waals surface area contributed by atoms with Crippen molar-refractivity contribution in [2.75, 3.05) is 0 Å². The Bertz CT molecular complexity index is 825. The van der Waals surface area contributed by atoms with E-state index in [0.717, 1.165) is 30.1 Å². The van der Waals surface area contributed by atoms with Gasteiger partial charge in [0.2, 0.25) is 0 Å². The molecule has 0 aliphatic carbocycles. The summed E-state index contributed by atoms with van der Waals surface area (Å²) < 4.78 is 15.0. The van der Waals surface area contributed by atoms with Gasteiger partial charge in [0.1, 0.15) is 10.8 Å². The lowest BCUT2D eigenvalue weighted by molar-refractivity contribution is 0.628. The summed E-state index contributed by atoms with van der Waals surface area (Å²) in [6.45, 7) is 0. The Morgan fingerprint density at radius 3 is 2.41 bits per heavy atom. The van der Waals surface area contributed by atoms with Gasteiger partial charge < -0.3 is 0 Å². The minimum atomic E-state index is -0.246. The van der Waals surface area contributed by atoms with Crippen molar-refractivity contribution < 1.29 is 4.39 Å². The fourth-order valence-electron chi connectivity index (χ4n) is 1.95. The van der Waals surface area contributed by atoms with Crippen LogP contribution in [0.2, 0.25) is 0 Å². The van der Waals surface area contributed by atoms with E-state index < -0.39 is 0 Å². The maximum absolute atomic E-state index is 13.0. The second-order valence-electron chi connectivity index (χ2n) is 4.54. The minimum Gasteiger partial charge on any atom is -0.235 e. The van der Waals surface area contributed by atoms with Gasteiger partial charge in [-0.3, -0.25) is 0 Å². The number of hydrogen-bond acceptors (Lipinski definition) is 2. The van der Waals surface area contributed by atoms with Crippen LogP contribution in [-0.4, -0.2) is 4.98 Å². The highest BCUT2D eigenvalue weighted by molar-refractivity contribution is 9.11. The van der Waals surface area contributed by atoms with Crippen molar-refractivity contribution in [2.24, 2.45) is 0 Å². The van der Waals surface area contributed by atoms with E-state index in [1.165, 1.54) is 12.1 Å². The number of benzene rings is 2. The van der Waals surface area contributed by atoms with Gasteiger partial charge in [-0.2, -0.15) is 0 Å². The molecule has 0 spiro atoms. The third-order valence-electron chi connectivity index (χ3n) is 3.03. The van der Waals surface area contributed by atoms with Gasteiger partial charge in [-0.05, 0) is 57.9 Å². The molecule has 5 heteroatoms. The van der Waals surface area contributed by atoms with E-state index in [4.69, 9.17) is 0 Å². The molecule has 3 rings (SSSR count). The summed E-state index contributed by atoms with van der Waals surface area (Å²) in [6, 6.07) is 14.4. The lowest BCUT2D eigenvalue weighted by atomic mass is 10.2. The molecule has 1 heterocycles. The van der Waals surface area contributed by atoms with Crippen LogP contribution in [0, 0.1) is 5.82 Å². The van der Waals surface area contributed by atoms with Gasteiger partial charge in [0.15, 0.2) is 0 Å². The highest BCUT2D eigenvalue weighted by Crippen LogP contribution is 2.34. The quantitative estimate of drug-likeness (QED) is 0.446. The zero-order chi connectivity index (χ0) is 15.5. The van der Waals surface area contributed by atoms with Crippen LogP contribution in [0.25, 0.3) is 23.4 Å². The predicted octanol–water partition coefficient (Wildman–Crippen LogP) is 6.64. The molecule has 3 aromatic rings. The van der Waals surface area contributed by atoms with Crippen molar-refractivity contribution in [3.8, 4) is 11.3 Å². The normalized spacial score (nSPS) is 11.2. The Kier molecular flexibility index (Phi) is 4.86. The fraction of sp³-hybridized carbons (Fsp3) is 0. The zero-order valence-corrected chi connectivity index (χ0v) is 15.3. The summed E-state index contributed by atoms with van der Waals surface area (Å²) >= 11 is 8.60. The van der Waals surface area contributed by atoms with Crippen LogP contribution in [0.15, 0.2) is 56.8 Å². The summed E-state index contributed by atoms with van der Waals surface area (Å²) in [7, 11) is 0. The first kappa shape index (κ1) is 15.6. The lowest BCUT2D eigenvalue weighted by Crippen LogP contribution is -1.80. The van der Waals surface area contributed by atoms with Crippen molar-refractivity contribution in [1.29, 1.82) is 0 Å². The van der Waals surface area contributed by atoms with E-state index in [0.29, 0.717) is 0 Å². The number of aromatic nitrogens is 1. The summed E-state index contributed by atoms with van der Waals surface area (Å²) in [5.74, 6) is -0.246. The average Bonchev–Trinajstić information content (AvgIpc) is 2.88. The lowest BCUT2D eigenvalue weighted by Gasteiger charge is -1.97. The van der Waals surface area contributed by atoms with Gasteiger partial charge in [-0.1, -0.05) is 40.2 Å². The third kappa shape index (κ3) is 3.54. The molecule has 0 fully saturated rings. The molecule has 0 saturated carbocycles. The standard InChI is InChI=1S/C17H10Br2FNS/c18-14-4-2-1-3-11(14)7-10-15-21-16(17(19)22-15)12-5-8-13(20)9-6-12/h1-10H/b10-7+. The molecule has 1 aromatic heterocycles. The zero-order valence-electron chi connectivity index (χ0n) is 11.3. The van der Waals surface area contributed by atoms with Crippen molar-refractivity contribution in [3.63, 3.8) is 0 Å². The van der Waals surface area contributed by atoms with Gasteiger partial charge in [0.05, 0.1) is 9.48 Å². The number of thiazole rings is 1. The molecule has 0 bridgehead atoms. The molecular weight excluding hydrogens is 429 g/mol. The van der Waals surface area contributed by atoms with Crippen molar-refractivity contribution in [2.45, 2.75) is 0 Å². The molecule has 0 aliphatic rings. The van der Waals surface area contributed by atoms with Crippen LogP contribution in [-0.2, 0) is 0 Å². The van der Waals surface area contributed by atoms with E-state index in [1.807, 2.05) is 36.4 Å². The second-order valence-corrected chi connectivity index (χ2v) is 7.74. The molecule has 0 atom stereocenters.